The molecule has 0 spiro atoms. The Morgan fingerprint density at radius 1 is 1.08 bits per heavy atom. The van der Waals surface area contributed by atoms with Gasteiger partial charge in [0.25, 0.3) is 5.91 Å². The van der Waals surface area contributed by atoms with E-state index in [2.05, 4.69) is 15.0 Å². The maximum atomic E-state index is 12.3. The van der Waals surface area contributed by atoms with Crippen LogP contribution in [0.15, 0.2) is 48.7 Å². The Labute approximate surface area is 139 Å². The summed E-state index contributed by atoms with van der Waals surface area (Å²) in [7, 11) is -3.33. The van der Waals surface area contributed by atoms with Crippen LogP contribution in [0.2, 0.25) is 0 Å². The fraction of sp³-hybridized carbons (Fsp3) is 0.125. The molecule has 2 aromatic heterocycles. The molecule has 1 aromatic carbocycles. The number of aryl methyl sites for hydroxylation is 1. The SMILES string of the molecule is Cc1cccc2nc(C(=O)Nc3ccc(NS(C)(=O)=O)cc3)cn12. The predicted octanol–water partition coefficient (Wildman–Crippen LogP) is 2.27. The first kappa shape index (κ1) is 16.0. The van der Waals surface area contributed by atoms with E-state index >= 15 is 0 Å². The second kappa shape index (κ2) is 5.97. The Morgan fingerprint density at radius 2 is 1.75 bits per heavy atom. The van der Waals surface area contributed by atoms with E-state index in [-0.39, 0.29) is 5.91 Å². The molecule has 124 valence electrons. The van der Waals surface area contributed by atoms with Gasteiger partial charge in [-0.25, -0.2) is 13.4 Å². The lowest BCUT2D eigenvalue weighted by Gasteiger charge is -2.06. The van der Waals surface area contributed by atoms with Crippen molar-refractivity contribution in [2.24, 2.45) is 0 Å². The smallest absolute Gasteiger partial charge is 0.275 e. The van der Waals surface area contributed by atoms with Crippen LogP contribution in [0.4, 0.5) is 11.4 Å². The minimum atomic E-state index is -3.33. The Kier molecular flexibility index (Phi) is 3.98. The molecule has 2 N–H and O–H groups in total. The van der Waals surface area contributed by atoms with Gasteiger partial charge in [-0.05, 0) is 43.3 Å². The number of hydrogen-bond donors (Lipinski definition) is 2. The van der Waals surface area contributed by atoms with Crippen molar-refractivity contribution < 1.29 is 13.2 Å². The fourth-order valence-corrected chi connectivity index (χ4v) is 2.85. The molecule has 0 atom stereocenters. The van der Waals surface area contributed by atoms with Crippen LogP contribution in [0.5, 0.6) is 0 Å². The number of sulfonamides is 1. The highest BCUT2D eigenvalue weighted by Crippen LogP contribution is 2.16. The summed E-state index contributed by atoms with van der Waals surface area (Å²) in [6, 6.07) is 12.0. The van der Waals surface area contributed by atoms with Gasteiger partial charge in [0, 0.05) is 23.3 Å². The van der Waals surface area contributed by atoms with Gasteiger partial charge >= 0.3 is 0 Å². The lowest BCUT2D eigenvalue weighted by Crippen LogP contribution is -2.13. The number of benzene rings is 1. The molecule has 0 radical (unpaired) electrons. The van der Waals surface area contributed by atoms with Gasteiger partial charge in [-0.3, -0.25) is 9.52 Å². The number of aromatic nitrogens is 2. The largest absolute Gasteiger partial charge is 0.321 e. The summed E-state index contributed by atoms with van der Waals surface area (Å²) in [5.74, 6) is -0.332. The summed E-state index contributed by atoms with van der Waals surface area (Å²) in [6.07, 6.45) is 2.76. The molecule has 3 aromatic rings. The maximum absolute atomic E-state index is 12.3. The third-order valence-corrected chi connectivity index (χ3v) is 3.98. The predicted molar refractivity (Wildman–Crippen MR) is 92.8 cm³/mol. The van der Waals surface area contributed by atoms with Crippen molar-refractivity contribution in [3.05, 3.63) is 60.0 Å². The molecule has 7 nitrogen and oxygen atoms in total. The molecule has 0 fully saturated rings. The topological polar surface area (TPSA) is 92.6 Å². The van der Waals surface area contributed by atoms with Gasteiger partial charge in [-0.15, -0.1) is 0 Å². The molecule has 0 aliphatic heterocycles. The fourth-order valence-electron chi connectivity index (χ4n) is 2.29. The molecule has 2 heterocycles. The van der Waals surface area contributed by atoms with Gasteiger partial charge in [0.1, 0.15) is 11.3 Å². The third-order valence-electron chi connectivity index (χ3n) is 3.37. The number of nitrogens with zero attached hydrogens (tertiary/aromatic N) is 2. The van der Waals surface area contributed by atoms with Crippen molar-refractivity contribution in [2.45, 2.75) is 6.92 Å². The Bertz CT molecular complexity index is 1010. The lowest BCUT2D eigenvalue weighted by molar-refractivity contribution is 0.102. The van der Waals surface area contributed by atoms with Crippen LogP contribution in [-0.2, 0) is 10.0 Å². The summed E-state index contributed by atoms with van der Waals surface area (Å²) in [4.78, 5) is 16.6. The summed E-state index contributed by atoms with van der Waals surface area (Å²) >= 11 is 0. The van der Waals surface area contributed by atoms with E-state index in [1.54, 1.807) is 30.5 Å². The molecule has 24 heavy (non-hydrogen) atoms. The quantitative estimate of drug-likeness (QED) is 0.759. The van der Waals surface area contributed by atoms with Crippen molar-refractivity contribution in [3.8, 4) is 0 Å². The number of pyridine rings is 1. The number of imidazole rings is 1. The van der Waals surface area contributed by atoms with Crippen LogP contribution >= 0.6 is 0 Å². The average Bonchev–Trinajstić information content (AvgIpc) is 2.93. The van der Waals surface area contributed by atoms with E-state index in [9.17, 15) is 13.2 Å². The zero-order valence-electron chi connectivity index (χ0n) is 13.1. The van der Waals surface area contributed by atoms with Crippen LogP contribution in [0.3, 0.4) is 0 Å². The molecule has 0 saturated carbocycles. The van der Waals surface area contributed by atoms with E-state index in [1.807, 2.05) is 29.5 Å². The monoisotopic (exact) mass is 344 g/mol. The Morgan fingerprint density at radius 3 is 2.38 bits per heavy atom. The summed E-state index contributed by atoms with van der Waals surface area (Å²) < 4.78 is 26.5. The van der Waals surface area contributed by atoms with Crippen molar-refractivity contribution in [1.29, 1.82) is 0 Å². The Hall–Kier alpha value is -2.87. The number of carbonyl (C=O) groups excluding carboxylic acids is 1. The van der Waals surface area contributed by atoms with Crippen molar-refractivity contribution in [2.75, 3.05) is 16.3 Å². The molecule has 0 aliphatic rings. The van der Waals surface area contributed by atoms with Crippen molar-refractivity contribution in [1.82, 2.24) is 9.38 Å². The first-order chi connectivity index (χ1) is 11.3. The van der Waals surface area contributed by atoms with Gasteiger partial charge in [0.2, 0.25) is 10.0 Å². The van der Waals surface area contributed by atoms with Crippen molar-refractivity contribution in [3.63, 3.8) is 0 Å². The van der Waals surface area contributed by atoms with Crippen LogP contribution in [-0.4, -0.2) is 30.0 Å². The molecule has 1 amide bonds. The van der Waals surface area contributed by atoms with Crippen molar-refractivity contribution >= 4 is 33.0 Å². The molecule has 0 bridgehead atoms. The van der Waals surface area contributed by atoms with Gasteiger partial charge in [0.15, 0.2) is 0 Å². The minimum Gasteiger partial charge on any atom is -0.321 e. The highest BCUT2D eigenvalue weighted by Gasteiger charge is 2.12. The maximum Gasteiger partial charge on any atom is 0.275 e. The molecule has 8 heteroatoms. The number of rotatable bonds is 4. The zero-order valence-corrected chi connectivity index (χ0v) is 14.0. The third kappa shape index (κ3) is 3.54. The molecular weight excluding hydrogens is 328 g/mol. The van der Waals surface area contributed by atoms with Gasteiger partial charge in [-0.1, -0.05) is 6.07 Å². The number of fused-ring (bicyclic) bond motifs is 1. The first-order valence-electron chi connectivity index (χ1n) is 7.16. The van der Waals surface area contributed by atoms with E-state index in [0.29, 0.717) is 22.7 Å². The van der Waals surface area contributed by atoms with Crippen LogP contribution < -0.4 is 10.0 Å². The summed E-state index contributed by atoms with van der Waals surface area (Å²) in [6.45, 7) is 1.93. The van der Waals surface area contributed by atoms with E-state index in [0.717, 1.165) is 11.9 Å². The first-order valence-corrected chi connectivity index (χ1v) is 9.05. The molecule has 3 rings (SSSR count). The number of amides is 1. The minimum absolute atomic E-state index is 0.308. The van der Waals surface area contributed by atoms with Gasteiger partial charge in [0.05, 0.1) is 6.26 Å². The highest BCUT2D eigenvalue weighted by atomic mass is 32.2. The van der Waals surface area contributed by atoms with E-state index in [1.165, 1.54) is 0 Å². The number of hydrogen-bond acceptors (Lipinski definition) is 4. The van der Waals surface area contributed by atoms with Crippen LogP contribution in [0.25, 0.3) is 5.65 Å². The number of carbonyl (C=O) groups is 1. The van der Waals surface area contributed by atoms with Gasteiger partial charge in [-0.2, -0.15) is 0 Å². The van der Waals surface area contributed by atoms with Gasteiger partial charge < -0.3 is 9.72 Å². The standard InChI is InChI=1S/C16H16N4O3S/c1-11-4-3-5-15-18-14(10-20(11)15)16(21)17-12-6-8-13(9-7-12)19-24(2,22)23/h3-10,19H,1-2H3,(H,17,21). The van der Waals surface area contributed by atoms with Crippen LogP contribution in [0, 0.1) is 6.92 Å². The highest BCUT2D eigenvalue weighted by molar-refractivity contribution is 7.92. The lowest BCUT2D eigenvalue weighted by atomic mass is 10.3. The second-order valence-electron chi connectivity index (χ2n) is 5.43. The number of nitrogens with one attached hydrogen (secondary N) is 2. The molecule has 0 saturated heterocycles. The normalized spacial score (nSPS) is 11.4. The van der Waals surface area contributed by atoms with E-state index in [4.69, 9.17) is 0 Å². The Balaban J connectivity index is 1.77. The molecular formula is C16H16N4O3S. The summed E-state index contributed by atoms with van der Waals surface area (Å²) in [5.41, 5.74) is 2.97. The average molecular weight is 344 g/mol. The van der Waals surface area contributed by atoms with Crippen LogP contribution in [0.1, 0.15) is 16.2 Å². The second-order valence-corrected chi connectivity index (χ2v) is 7.18. The van der Waals surface area contributed by atoms with E-state index < -0.39 is 10.0 Å². The summed E-state index contributed by atoms with van der Waals surface area (Å²) in [5, 5.41) is 2.74. The number of anilines is 2. The zero-order chi connectivity index (χ0) is 17.3. The molecule has 0 unspecified atom stereocenters. The molecule has 0 aliphatic carbocycles.